The van der Waals surface area contributed by atoms with Gasteiger partial charge in [0.05, 0.1) is 11.8 Å². The zero-order valence-corrected chi connectivity index (χ0v) is 6.89. The highest BCUT2D eigenvalue weighted by atomic mass is 16.7. The first-order chi connectivity index (χ1) is 5.44. The second-order valence-electron chi connectivity index (χ2n) is 2.82. The van der Waals surface area contributed by atoms with Gasteiger partial charge in [0.2, 0.25) is 0 Å². The van der Waals surface area contributed by atoms with E-state index in [9.17, 15) is 15.2 Å². The van der Waals surface area contributed by atoms with E-state index in [4.69, 9.17) is 0 Å². The summed E-state index contributed by atoms with van der Waals surface area (Å²) in [6.45, 7) is 2.93. The largest absolute Gasteiger partial charge is 0.407 e. The highest BCUT2D eigenvalue weighted by Crippen LogP contribution is 2.13. The number of hydrogen-bond acceptors (Lipinski definition) is 3. The number of nitro groups is 1. The van der Waals surface area contributed by atoms with E-state index in [1.165, 1.54) is 12.4 Å². The van der Waals surface area contributed by atoms with Crippen LogP contribution in [0.1, 0.15) is 12.5 Å². The smallest absolute Gasteiger partial charge is 0.312 e. The molecule has 0 aromatic carbocycles. The first-order valence-electron chi connectivity index (χ1n) is 3.46. The maximum Gasteiger partial charge on any atom is 0.407 e. The molecule has 1 unspecified atom stereocenters. The summed E-state index contributed by atoms with van der Waals surface area (Å²) in [5.74, 6) is -2.05. The Morgan fingerprint density at radius 2 is 2.33 bits per heavy atom. The van der Waals surface area contributed by atoms with Crippen LogP contribution in [0.2, 0.25) is 0 Å². The van der Waals surface area contributed by atoms with Gasteiger partial charge in [-0.15, -0.1) is 0 Å². The third-order valence-corrected chi connectivity index (χ3v) is 1.68. The van der Waals surface area contributed by atoms with Gasteiger partial charge in [0.15, 0.2) is 0 Å². The molecule has 1 rings (SSSR count). The monoisotopic (exact) mass is 170 g/mol. The van der Waals surface area contributed by atoms with Crippen LogP contribution in [-0.4, -0.2) is 14.6 Å². The summed E-state index contributed by atoms with van der Waals surface area (Å²) < 4.78 is 1.16. The molecule has 1 aromatic heterocycles. The van der Waals surface area contributed by atoms with E-state index >= 15 is 0 Å². The second-order valence-corrected chi connectivity index (χ2v) is 2.82. The lowest BCUT2D eigenvalue weighted by atomic mass is 10.4. The molecular formula is C7H10N2O3. The van der Waals surface area contributed by atoms with Gasteiger partial charge in [0, 0.05) is 12.4 Å². The molecule has 66 valence electrons. The third-order valence-electron chi connectivity index (χ3n) is 1.68. The number of aliphatic hydroxyl groups is 1. The van der Waals surface area contributed by atoms with Crippen LogP contribution in [0.4, 0.5) is 0 Å². The minimum absolute atomic E-state index is 0.744. The SMILES string of the molecule is Cc1ccn(C(C)(O)[N+](=O)[O-])c1. The van der Waals surface area contributed by atoms with Crippen LogP contribution in [0.3, 0.4) is 0 Å². The van der Waals surface area contributed by atoms with E-state index in [1.807, 2.05) is 0 Å². The fraction of sp³-hybridized carbons (Fsp3) is 0.429. The Kier molecular flexibility index (Phi) is 1.89. The Labute approximate surface area is 69.4 Å². The molecule has 0 bridgehead atoms. The molecule has 0 amide bonds. The number of aryl methyl sites for hydroxylation is 1. The summed E-state index contributed by atoms with van der Waals surface area (Å²) in [6.07, 6.45) is 2.99. The fourth-order valence-electron chi connectivity index (χ4n) is 0.861. The first kappa shape index (κ1) is 8.73. The van der Waals surface area contributed by atoms with Crippen molar-refractivity contribution >= 4 is 0 Å². The van der Waals surface area contributed by atoms with Crippen molar-refractivity contribution in [2.75, 3.05) is 0 Å². The summed E-state index contributed by atoms with van der Waals surface area (Å²) in [5.41, 5.74) is 0.872. The number of nitrogens with zero attached hydrogens (tertiary/aromatic N) is 2. The molecule has 0 fully saturated rings. The van der Waals surface area contributed by atoms with Gasteiger partial charge in [0.1, 0.15) is 0 Å². The van der Waals surface area contributed by atoms with Crippen molar-refractivity contribution in [1.82, 2.24) is 4.57 Å². The molecule has 0 saturated heterocycles. The molecule has 1 heterocycles. The highest BCUT2D eigenvalue weighted by molar-refractivity contribution is 5.07. The summed E-state index contributed by atoms with van der Waals surface area (Å²) in [7, 11) is 0. The van der Waals surface area contributed by atoms with Gasteiger partial charge in [-0.1, -0.05) is 0 Å². The molecule has 5 nitrogen and oxygen atoms in total. The zero-order chi connectivity index (χ0) is 9.35. The molecule has 0 spiro atoms. The van der Waals surface area contributed by atoms with Crippen LogP contribution >= 0.6 is 0 Å². The van der Waals surface area contributed by atoms with E-state index in [1.54, 1.807) is 13.0 Å². The Bertz CT molecular complexity index is 303. The lowest BCUT2D eigenvalue weighted by Gasteiger charge is -2.14. The van der Waals surface area contributed by atoms with Crippen LogP contribution in [0, 0.1) is 17.0 Å². The Morgan fingerprint density at radius 3 is 2.67 bits per heavy atom. The predicted octanol–water partition coefficient (Wildman–Crippen LogP) is 0.696. The molecule has 0 aliphatic carbocycles. The average Bonchev–Trinajstić information content (AvgIpc) is 2.35. The van der Waals surface area contributed by atoms with Crippen molar-refractivity contribution in [3.63, 3.8) is 0 Å². The minimum atomic E-state index is -2.05. The Morgan fingerprint density at radius 1 is 1.75 bits per heavy atom. The number of rotatable bonds is 2. The van der Waals surface area contributed by atoms with Crippen LogP contribution in [0.15, 0.2) is 18.5 Å². The lowest BCUT2D eigenvalue weighted by Crippen LogP contribution is -2.37. The zero-order valence-electron chi connectivity index (χ0n) is 6.89. The third kappa shape index (κ3) is 1.31. The van der Waals surface area contributed by atoms with E-state index in [0.717, 1.165) is 17.1 Å². The van der Waals surface area contributed by atoms with E-state index in [2.05, 4.69) is 0 Å². The van der Waals surface area contributed by atoms with Crippen molar-refractivity contribution in [3.05, 3.63) is 34.1 Å². The van der Waals surface area contributed by atoms with E-state index in [-0.39, 0.29) is 0 Å². The Hall–Kier alpha value is -1.36. The predicted molar refractivity (Wildman–Crippen MR) is 42.0 cm³/mol. The second kappa shape index (κ2) is 2.60. The van der Waals surface area contributed by atoms with Gasteiger partial charge in [0.25, 0.3) is 0 Å². The van der Waals surface area contributed by atoms with E-state index in [0.29, 0.717) is 0 Å². The Balaban J connectivity index is 3.05. The van der Waals surface area contributed by atoms with Crippen LogP contribution < -0.4 is 0 Å². The van der Waals surface area contributed by atoms with Crippen molar-refractivity contribution in [1.29, 1.82) is 0 Å². The number of aromatic nitrogens is 1. The minimum Gasteiger partial charge on any atom is -0.312 e. The van der Waals surface area contributed by atoms with Gasteiger partial charge in [-0.05, 0) is 18.6 Å². The summed E-state index contributed by atoms with van der Waals surface area (Å²) in [5, 5.41) is 19.7. The van der Waals surface area contributed by atoms with Gasteiger partial charge in [-0.25, -0.2) is 0 Å². The standard InChI is InChI=1S/C7H10N2O3/c1-6-3-4-8(5-6)7(2,10)9(11)12/h3-5,10H,1-2H3. The lowest BCUT2D eigenvalue weighted by molar-refractivity contribution is -0.655. The van der Waals surface area contributed by atoms with Gasteiger partial charge in [-0.2, -0.15) is 0 Å². The molecule has 0 saturated carbocycles. The summed E-state index contributed by atoms with van der Waals surface area (Å²) in [4.78, 5) is 9.62. The maximum absolute atomic E-state index is 10.4. The van der Waals surface area contributed by atoms with Crippen molar-refractivity contribution in [3.8, 4) is 0 Å². The van der Waals surface area contributed by atoms with Crippen molar-refractivity contribution in [2.24, 2.45) is 0 Å². The quantitative estimate of drug-likeness (QED) is 0.403. The average molecular weight is 170 g/mol. The van der Waals surface area contributed by atoms with Crippen LogP contribution in [0.25, 0.3) is 0 Å². The normalized spacial score (nSPS) is 15.6. The first-order valence-corrected chi connectivity index (χ1v) is 3.46. The number of hydrogen-bond donors (Lipinski definition) is 1. The maximum atomic E-state index is 10.4. The molecule has 0 radical (unpaired) electrons. The molecule has 5 heteroatoms. The van der Waals surface area contributed by atoms with Crippen molar-refractivity contribution < 1.29 is 10.0 Å². The molecule has 12 heavy (non-hydrogen) atoms. The van der Waals surface area contributed by atoms with Crippen LogP contribution in [-0.2, 0) is 5.85 Å². The molecule has 1 N–H and O–H groups in total. The van der Waals surface area contributed by atoms with Gasteiger partial charge in [-0.3, -0.25) is 14.7 Å². The molecule has 0 aliphatic heterocycles. The highest BCUT2D eigenvalue weighted by Gasteiger charge is 2.35. The fourth-order valence-corrected chi connectivity index (χ4v) is 0.861. The van der Waals surface area contributed by atoms with E-state index < -0.39 is 10.8 Å². The van der Waals surface area contributed by atoms with Gasteiger partial charge >= 0.3 is 5.85 Å². The summed E-state index contributed by atoms with van der Waals surface area (Å²) >= 11 is 0. The van der Waals surface area contributed by atoms with Gasteiger partial charge < -0.3 is 5.11 Å². The topological polar surface area (TPSA) is 68.3 Å². The molecule has 1 aromatic rings. The molecule has 0 aliphatic rings. The molecule has 1 atom stereocenters. The van der Waals surface area contributed by atoms with Crippen LogP contribution in [0.5, 0.6) is 0 Å². The molecular weight excluding hydrogens is 160 g/mol. The van der Waals surface area contributed by atoms with Crippen molar-refractivity contribution in [2.45, 2.75) is 19.7 Å². The summed E-state index contributed by atoms with van der Waals surface area (Å²) in [6, 6.07) is 1.69.